The Bertz CT molecular complexity index is 679. The van der Waals surface area contributed by atoms with Crippen molar-refractivity contribution >= 4 is 11.4 Å². The molecular weight excluding hydrogens is 270 g/mol. The van der Waals surface area contributed by atoms with Crippen molar-refractivity contribution in [1.82, 2.24) is 14.8 Å². The highest BCUT2D eigenvalue weighted by Gasteiger charge is 2.12. The zero-order valence-electron chi connectivity index (χ0n) is 11.6. The van der Waals surface area contributed by atoms with Crippen LogP contribution >= 0.6 is 0 Å². The van der Waals surface area contributed by atoms with Crippen LogP contribution in [-0.4, -0.2) is 41.1 Å². The van der Waals surface area contributed by atoms with Crippen LogP contribution in [0.1, 0.15) is 5.69 Å². The number of rotatable bonds is 3. The first-order valence-electron chi connectivity index (χ1n) is 6.82. The predicted octanol–water partition coefficient (Wildman–Crippen LogP) is 0.105. The van der Waals surface area contributed by atoms with E-state index >= 15 is 0 Å². The van der Waals surface area contributed by atoms with Gasteiger partial charge in [0.05, 0.1) is 37.3 Å². The third-order valence-electron chi connectivity index (χ3n) is 3.38. The maximum absolute atomic E-state index is 12.2. The minimum atomic E-state index is -0.150. The largest absolute Gasteiger partial charge is 0.399 e. The molecule has 1 saturated heterocycles. The molecule has 3 heterocycles. The zero-order chi connectivity index (χ0) is 14.7. The highest BCUT2D eigenvalue weighted by atomic mass is 16.5. The molecule has 3 rings (SSSR count). The summed E-state index contributed by atoms with van der Waals surface area (Å²) in [4.78, 5) is 18.4. The number of morpholine rings is 1. The van der Waals surface area contributed by atoms with Crippen molar-refractivity contribution < 1.29 is 4.74 Å². The number of anilines is 2. The average Bonchev–Trinajstić information content (AvgIpc) is 2.50. The minimum absolute atomic E-state index is 0.150. The van der Waals surface area contributed by atoms with Crippen molar-refractivity contribution in [2.45, 2.75) is 6.54 Å². The van der Waals surface area contributed by atoms with Gasteiger partial charge in [0.25, 0.3) is 5.56 Å². The smallest absolute Gasteiger partial charge is 0.269 e. The number of hydrogen-bond acceptors (Lipinski definition) is 6. The lowest BCUT2D eigenvalue weighted by Gasteiger charge is -2.28. The minimum Gasteiger partial charge on any atom is -0.399 e. The number of aromatic nitrogens is 3. The Morgan fingerprint density at radius 1 is 1.29 bits per heavy atom. The summed E-state index contributed by atoms with van der Waals surface area (Å²) in [5, 5.41) is 4.22. The summed E-state index contributed by atoms with van der Waals surface area (Å²) in [6.07, 6.45) is 3.33. The topological polar surface area (TPSA) is 86.3 Å². The van der Waals surface area contributed by atoms with Crippen LogP contribution in [0, 0.1) is 0 Å². The van der Waals surface area contributed by atoms with Gasteiger partial charge in [-0.05, 0) is 12.1 Å². The molecule has 7 heteroatoms. The Kier molecular flexibility index (Phi) is 3.83. The van der Waals surface area contributed by atoms with Gasteiger partial charge in [0, 0.05) is 31.0 Å². The lowest BCUT2D eigenvalue weighted by molar-refractivity contribution is 0.122. The van der Waals surface area contributed by atoms with Crippen LogP contribution in [0.25, 0.3) is 0 Å². The Labute approximate surface area is 122 Å². The molecule has 0 saturated carbocycles. The van der Waals surface area contributed by atoms with Crippen molar-refractivity contribution in [2.24, 2.45) is 0 Å². The molecule has 21 heavy (non-hydrogen) atoms. The van der Waals surface area contributed by atoms with Gasteiger partial charge in [-0.15, -0.1) is 0 Å². The average molecular weight is 287 g/mol. The second kappa shape index (κ2) is 5.92. The molecule has 0 atom stereocenters. The van der Waals surface area contributed by atoms with Gasteiger partial charge < -0.3 is 15.4 Å². The molecular formula is C14H17N5O2. The van der Waals surface area contributed by atoms with Gasteiger partial charge in [0.2, 0.25) is 0 Å². The monoisotopic (exact) mass is 287 g/mol. The molecule has 1 fully saturated rings. The van der Waals surface area contributed by atoms with Gasteiger partial charge in [-0.2, -0.15) is 5.10 Å². The molecule has 0 unspecified atom stereocenters. The van der Waals surface area contributed by atoms with E-state index in [-0.39, 0.29) is 5.56 Å². The molecule has 0 amide bonds. The first-order chi connectivity index (χ1) is 10.2. The van der Waals surface area contributed by atoms with E-state index < -0.39 is 0 Å². The molecule has 1 aliphatic heterocycles. The van der Waals surface area contributed by atoms with Crippen LogP contribution in [0.3, 0.4) is 0 Å². The first kappa shape index (κ1) is 13.6. The molecule has 1 aliphatic rings. The quantitative estimate of drug-likeness (QED) is 0.862. The zero-order valence-corrected chi connectivity index (χ0v) is 11.6. The normalized spacial score (nSPS) is 15.1. The Morgan fingerprint density at radius 3 is 2.81 bits per heavy atom. The summed E-state index contributed by atoms with van der Waals surface area (Å²) in [5.74, 6) is 0. The van der Waals surface area contributed by atoms with Crippen LogP contribution in [0.4, 0.5) is 11.4 Å². The fourth-order valence-corrected chi connectivity index (χ4v) is 2.27. The van der Waals surface area contributed by atoms with E-state index in [4.69, 9.17) is 10.5 Å². The van der Waals surface area contributed by atoms with Crippen molar-refractivity contribution in [1.29, 1.82) is 0 Å². The molecule has 0 radical (unpaired) electrons. The molecule has 0 spiro atoms. The standard InChI is InChI=1S/C14H17N5O2/c15-11-1-2-16-12(7-11)10-19-14(20)8-13(9-17-19)18-3-5-21-6-4-18/h1-2,7-9H,3-6,10H2,(H2,15,16). The van der Waals surface area contributed by atoms with Crippen LogP contribution < -0.4 is 16.2 Å². The summed E-state index contributed by atoms with van der Waals surface area (Å²) >= 11 is 0. The van der Waals surface area contributed by atoms with Gasteiger partial charge in [-0.1, -0.05) is 0 Å². The van der Waals surface area contributed by atoms with Crippen LogP contribution in [0.15, 0.2) is 35.4 Å². The van der Waals surface area contributed by atoms with E-state index in [1.165, 1.54) is 4.68 Å². The maximum atomic E-state index is 12.2. The van der Waals surface area contributed by atoms with Crippen LogP contribution in [0.2, 0.25) is 0 Å². The van der Waals surface area contributed by atoms with Gasteiger partial charge in [-0.3, -0.25) is 9.78 Å². The Balaban J connectivity index is 1.79. The summed E-state index contributed by atoms with van der Waals surface area (Å²) < 4.78 is 6.68. The van der Waals surface area contributed by atoms with E-state index in [2.05, 4.69) is 15.0 Å². The Hall–Kier alpha value is -2.41. The molecule has 2 N–H and O–H groups in total. The fourth-order valence-electron chi connectivity index (χ4n) is 2.27. The van der Waals surface area contributed by atoms with Crippen molar-refractivity contribution in [2.75, 3.05) is 36.9 Å². The molecule has 2 aromatic heterocycles. The SMILES string of the molecule is Nc1ccnc(Cn2ncc(N3CCOCC3)cc2=O)c1. The van der Waals surface area contributed by atoms with E-state index in [9.17, 15) is 4.79 Å². The van der Waals surface area contributed by atoms with E-state index in [1.807, 2.05) is 0 Å². The molecule has 0 aromatic carbocycles. The molecule has 0 aliphatic carbocycles. The van der Waals surface area contributed by atoms with Crippen molar-refractivity contribution in [3.63, 3.8) is 0 Å². The number of pyridine rings is 1. The van der Waals surface area contributed by atoms with Gasteiger partial charge in [0.15, 0.2) is 0 Å². The van der Waals surface area contributed by atoms with Crippen LogP contribution in [0.5, 0.6) is 0 Å². The summed E-state index contributed by atoms with van der Waals surface area (Å²) in [5.41, 5.74) is 7.72. The van der Waals surface area contributed by atoms with Gasteiger partial charge in [0.1, 0.15) is 0 Å². The number of nitrogens with two attached hydrogens (primary N) is 1. The highest BCUT2D eigenvalue weighted by Crippen LogP contribution is 2.11. The van der Waals surface area contributed by atoms with E-state index in [0.717, 1.165) is 18.8 Å². The second-order valence-corrected chi connectivity index (χ2v) is 4.89. The predicted molar refractivity (Wildman–Crippen MR) is 79.3 cm³/mol. The highest BCUT2D eigenvalue weighted by molar-refractivity contribution is 5.43. The lowest BCUT2D eigenvalue weighted by atomic mass is 10.3. The third kappa shape index (κ3) is 3.19. The van der Waals surface area contributed by atoms with E-state index in [0.29, 0.717) is 31.1 Å². The fraction of sp³-hybridized carbons (Fsp3) is 0.357. The second-order valence-electron chi connectivity index (χ2n) is 4.89. The molecule has 2 aromatic rings. The summed E-state index contributed by atoms with van der Waals surface area (Å²) in [6, 6.07) is 5.05. The van der Waals surface area contributed by atoms with Crippen molar-refractivity contribution in [3.8, 4) is 0 Å². The lowest BCUT2D eigenvalue weighted by Crippen LogP contribution is -2.37. The summed E-state index contributed by atoms with van der Waals surface area (Å²) in [7, 11) is 0. The number of nitrogens with zero attached hydrogens (tertiary/aromatic N) is 4. The van der Waals surface area contributed by atoms with E-state index in [1.54, 1.807) is 30.6 Å². The number of ether oxygens (including phenoxy) is 1. The third-order valence-corrected chi connectivity index (χ3v) is 3.38. The number of hydrogen-bond donors (Lipinski definition) is 1. The summed E-state index contributed by atoms with van der Waals surface area (Å²) in [6.45, 7) is 3.23. The number of nitrogen functional groups attached to an aromatic ring is 1. The molecule has 7 nitrogen and oxygen atoms in total. The molecule has 0 bridgehead atoms. The maximum Gasteiger partial charge on any atom is 0.269 e. The van der Waals surface area contributed by atoms with Crippen LogP contribution in [-0.2, 0) is 11.3 Å². The first-order valence-corrected chi connectivity index (χ1v) is 6.82. The Morgan fingerprint density at radius 2 is 2.10 bits per heavy atom. The van der Waals surface area contributed by atoms with Gasteiger partial charge in [-0.25, -0.2) is 4.68 Å². The van der Waals surface area contributed by atoms with Gasteiger partial charge >= 0.3 is 0 Å². The van der Waals surface area contributed by atoms with Crippen molar-refractivity contribution in [3.05, 3.63) is 46.6 Å². The molecule has 110 valence electrons.